The van der Waals surface area contributed by atoms with Crippen molar-refractivity contribution in [1.29, 1.82) is 5.26 Å². The van der Waals surface area contributed by atoms with Crippen molar-refractivity contribution in [2.75, 3.05) is 11.1 Å². The number of aliphatic hydroxyl groups excluding tert-OH is 3. The van der Waals surface area contributed by atoms with Crippen molar-refractivity contribution in [3.63, 3.8) is 0 Å². The minimum Gasteiger partial charge on any atom is -0.479 e. The van der Waals surface area contributed by atoms with Gasteiger partial charge >= 0.3 is 12.1 Å². The van der Waals surface area contributed by atoms with Crippen LogP contribution in [0.15, 0.2) is 47.4 Å². The van der Waals surface area contributed by atoms with Gasteiger partial charge in [-0.05, 0) is 49.4 Å². The Kier molecular flexibility index (Phi) is 9.08. The highest BCUT2D eigenvalue weighted by Gasteiger charge is 2.52. The first-order valence-corrected chi connectivity index (χ1v) is 13.1. The zero-order valence-electron chi connectivity index (χ0n) is 20.7. The average Bonchev–Trinajstić information content (AvgIpc) is 2.88. The van der Waals surface area contributed by atoms with E-state index in [2.05, 4.69) is 0 Å². The van der Waals surface area contributed by atoms with Gasteiger partial charge in [0, 0.05) is 5.69 Å². The molecule has 1 saturated heterocycles. The number of ether oxygens (including phenoxy) is 2. The molecule has 0 aromatic heterocycles. The number of hydrogen-bond acceptors (Lipinski definition) is 10. The summed E-state index contributed by atoms with van der Waals surface area (Å²) >= 11 is 0. The molecule has 0 saturated carbocycles. The normalized spacial score (nSPS) is 24.6. The summed E-state index contributed by atoms with van der Waals surface area (Å²) in [6.45, 7) is 0.820. The van der Waals surface area contributed by atoms with E-state index in [0.717, 1.165) is 43.3 Å². The van der Waals surface area contributed by atoms with Gasteiger partial charge in [-0.15, -0.1) is 0 Å². The van der Waals surface area contributed by atoms with Gasteiger partial charge in [-0.2, -0.15) is 18.4 Å². The summed E-state index contributed by atoms with van der Waals surface area (Å²) in [6.07, 6.45) is -16.1. The molecular formula is C24H22F4N2O10S. The first-order valence-electron chi connectivity index (χ1n) is 11.4. The van der Waals surface area contributed by atoms with Gasteiger partial charge in [0.15, 0.2) is 27.8 Å². The molecule has 1 fully saturated rings. The molecule has 0 spiro atoms. The Morgan fingerprint density at radius 1 is 1.07 bits per heavy atom. The lowest BCUT2D eigenvalue weighted by atomic mass is 9.98. The van der Waals surface area contributed by atoms with E-state index < -0.39 is 97.5 Å². The van der Waals surface area contributed by atoms with Gasteiger partial charge in [-0.1, -0.05) is 0 Å². The maximum Gasteiger partial charge on any atom is 0.417 e. The molecular weight excluding hydrogens is 584 g/mol. The van der Waals surface area contributed by atoms with Crippen molar-refractivity contribution in [1.82, 2.24) is 0 Å². The average molecular weight is 607 g/mol. The molecule has 17 heteroatoms. The number of aliphatic carboxylic acids is 1. The Hall–Kier alpha value is -3.66. The van der Waals surface area contributed by atoms with E-state index in [1.807, 2.05) is 5.32 Å². The number of carbonyl (C=O) groups is 2. The molecule has 2 aromatic rings. The van der Waals surface area contributed by atoms with E-state index in [4.69, 9.17) is 14.7 Å². The second-order valence-electron chi connectivity index (χ2n) is 9.12. The van der Waals surface area contributed by atoms with E-state index in [-0.39, 0.29) is 0 Å². The van der Waals surface area contributed by atoms with Crippen molar-refractivity contribution in [2.45, 2.75) is 54.3 Å². The predicted molar refractivity (Wildman–Crippen MR) is 127 cm³/mol. The number of carboxylic acid groups (broad SMARTS) is 1. The number of carbonyl (C=O) groups excluding carboxylic acids is 1. The van der Waals surface area contributed by atoms with Crippen LogP contribution in [0.3, 0.4) is 0 Å². The molecule has 1 aliphatic rings. The zero-order valence-corrected chi connectivity index (χ0v) is 21.6. The van der Waals surface area contributed by atoms with Crippen LogP contribution in [-0.2, 0) is 35.1 Å². The smallest absolute Gasteiger partial charge is 0.417 e. The number of alkyl halides is 3. The molecule has 6 unspecified atom stereocenters. The molecule has 1 aliphatic heterocycles. The largest absolute Gasteiger partial charge is 0.479 e. The summed E-state index contributed by atoms with van der Waals surface area (Å²) in [4.78, 5) is 24.3. The minimum absolute atomic E-state index is 0.401. The van der Waals surface area contributed by atoms with Crippen molar-refractivity contribution in [3.05, 3.63) is 59.4 Å². The van der Waals surface area contributed by atoms with Crippen LogP contribution in [-0.4, -0.2) is 82.8 Å². The maximum absolute atomic E-state index is 13.4. The molecule has 222 valence electrons. The topological polar surface area (TPSA) is 203 Å². The summed E-state index contributed by atoms with van der Waals surface area (Å²) < 4.78 is 90.3. The summed E-state index contributed by atoms with van der Waals surface area (Å²) in [7, 11) is -4.58. The zero-order chi connectivity index (χ0) is 30.9. The molecule has 1 amide bonds. The number of carboxylic acids is 1. The second-order valence-corrected chi connectivity index (χ2v) is 11.1. The number of halogens is 4. The number of hydrogen-bond donors (Lipinski definition) is 5. The first kappa shape index (κ1) is 31.9. The first-order chi connectivity index (χ1) is 18.9. The van der Waals surface area contributed by atoms with Gasteiger partial charge in [-0.25, -0.2) is 17.6 Å². The van der Waals surface area contributed by atoms with Gasteiger partial charge in [0.1, 0.15) is 24.1 Å². The van der Waals surface area contributed by atoms with Gasteiger partial charge in [0.05, 0.1) is 27.8 Å². The quantitative estimate of drug-likeness (QED) is 0.210. The fourth-order valence-electron chi connectivity index (χ4n) is 3.86. The molecule has 12 nitrogen and oxygen atoms in total. The molecule has 6 atom stereocenters. The number of nitrogens with one attached hydrogen (secondary N) is 1. The number of anilines is 1. The predicted octanol–water partition coefficient (Wildman–Crippen LogP) is 0.796. The SMILES string of the molecule is CC(CS(=O)(=O)c1ccc(F)cc1)(OC1OC(C(=O)O)C(O)C(O)C1O)C(=O)Nc1ccc(C#N)c(C(F)(F)F)c1. The van der Waals surface area contributed by atoms with E-state index in [1.54, 1.807) is 0 Å². The van der Waals surface area contributed by atoms with Crippen LogP contribution < -0.4 is 5.32 Å². The lowest BCUT2D eigenvalue weighted by Crippen LogP contribution is -2.63. The van der Waals surface area contributed by atoms with E-state index in [0.29, 0.717) is 6.07 Å². The standard InChI is InChI=1S/C24H22F4N2O10S/c1-23(10-41(37,38)14-6-3-12(25)4-7-14,40-21-18(33)16(31)17(32)19(39-21)20(34)35)22(36)30-13-5-2-11(9-29)15(8-13)24(26,27)28/h2-8,16-19,21,31-33H,10H2,1H3,(H,30,36)(H,34,35). The number of nitriles is 1. The fourth-order valence-corrected chi connectivity index (χ4v) is 5.51. The molecule has 5 N–H and O–H groups in total. The monoisotopic (exact) mass is 606 g/mol. The maximum atomic E-state index is 13.4. The molecule has 0 bridgehead atoms. The minimum atomic E-state index is -5.01. The number of rotatable bonds is 8. The highest BCUT2D eigenvalue weighted by atomic mass is 32.2. The Labute approximate surface area is 229 Å². The lowest BCUT2D eigenvalue weighted by Gasteiger charge is -2.42. The van der Waals surface area contributed by atoms with E-state index in [1.165, 1.54) is 6.07 Å². The van der Waals surface area contributed by atoms with Crippen molar-refractivity contribution in [3.8, 4) is 6.07 Å². The van der Waals surface area contributed by atoms with Crippen LogP contribution in [0.25, 0.3) is 0 Å². The molecule has 1 heterocycles. The summed E-state index contributed by atoms with van der Waals surface area (Å²) in [6, 6.07) is 6.70. The van der Waals surface area contributed by atoms with Gasteiger partial charge in [0.2, 0.25) is 0 Å². The molecule has 0 radical (unpaired) electrons. The van der Waals surface area contributed by atoms with Crippen molar-refractivity contribution in [2.24, 2.45) is 0 Å². The van der Waals surface area contributed by atoms with Gasteiger partial charge in [0.25, 0.3) is 5.91 Å². The van der Waals surface area contributed by atoms with Crippen LogP contribution in [0.2, 0.25) is 0 Å². The third-order valence-electron chi connectivity index (χ3n) is 6.01. The third-order valence-corrected chi connectivity index (χ3v) is 7.93. The molecule has 0 aliphatic carbocycles. The highest BCUT2D eigenvalue weighted by molar-refractivity contribution is 7.91. The van der Waals surface area contributed by atoms with E-state index in [9.17, 15) is 56.0 Å². The molecule has 3 rings (SSSR count). The van der Waals surface area contributed by atoms with Gasteiger partial charge < -0.3 is 35.2 Å². The van der Waals surface area contributed by atoms with Gasteiger partial charge in [-0.3, -0.25) is 4.79 Å². The molecule has 41 heavy (non-hydrogen) atoms. The van der Waals surface area contributed by atoms with Crippen LogP contribution >= 0.6 is 0 Å². The van der Waals surface area contributed by atoms with Crippen molar-refractivity contribution < 1.29 is 65.5 Å². The van der Waals surface area contributed by atoms with Crippen LogP contribution in [0.1, 0.15) is 18.1 Å². The number of benzene rings is 2. The summed E-state index contributed by atoms with van der Waals surface area (Å²) in [5.41, 5.74) is -5.46. The Morgan fingerprint density at radius 3 is 2.22 bits per heavy atom. The lowest BCUT2D eigenvalue weighted by molar-refractivity contribution is -0.311. The van der Waals surface area contributed by atoms with Crippen molar-refractivity contribution >= 4 is 27.4 Å². The Balaban J connectivity index is 2.03. The van der Waals surface area contributed by atoms with Crippen LogP contribution in [0.5, 0.6) is 0 Å². The third kappa shape index (κ3) is 6.98. The van der Waals surface area contributed by atoms with Crippen LogP contribution in [0, 0.1) is 17.1 Å². The Bertz CT molecular complexity index is 1460. The Morgan fingerprint density at radius 2 is 1.68 bits per heavy atom. The summed E-state index contributed by atoms with van der Waals surface area (Å²) in [5.74, 6) is -5.38. The highest BCUT2D eigenvalue weighted by Crippen LogP contribution is 2.34. The number of amides is 1. The van der Waals surface area contributed by atoms with Crippen LogP contribution in [0.4, 0.5) is 23.2 Å². The molecule has 2 aromatic carbocycles. The number of aliphatic hydroxyl groups is 3. The summed E-state index contributed by atoms with van der Waals surface area (Å²) in [5, 5.41) is 50.6. The second kappa shape index (κ2) is 11.7. The fraction of sp³-hybridized carbons (Fsp3) is 0.375. The number of sulfone groups is 1. The number of nitrogens with zero attached hydrogens (tertiary/aromatic N) is 1. The van der Waals surface area contributed by atoms with E-state index >= 15 is 0 Å².